The van der Waals surface area contributed by atoms with E-state index < -0.39 is 23.3 Å². The number of nitrogen functional groups attached to an aromatic ring is 1. The molecule has 0 saturated carbocycles. The van der Waals surface area contributed by atoms with Gasteiger partial charge in [-0.1, -0.05) is 36.4 Å². The second-order valence-electron chi connectivity index (χ2n) is 7.10. The molecule has 5 aromatic rings. The van der Waals surface area contributed by atoms with E-state index in [0.717, 1.165) is 22.9 Å². The molecule has 0 spiro atoms. The lowest BCUT2D eigenvalue weighted by Crippen LogP contribution is -2.04. The smallest absolute Gasteiger partial charge is 0.174 e. The molecule has 0 aliphatic carbocycles. The molecule has 7 heteroatoms. The highest BCUT2D eigenvalue weighted by Gasteiger charge is 2.24. The van der Waals surface area contributed by atoms with Crippen molar-refractivity contribution in [2.24, 2.45) is 0 Å². The average Bonchev–Trinajstić information content (AvgIpc) is 3.18. The van der Waals surface area contributed by atoms with E-state index in [2.05, 4.69) is 9.97 Å². The van der Waals surface area contributed by atoms with Crippen LogP contribution in [0, 0.1) is 28.8 Å². The number of anilines is 1. The van der Waals surface area contributed by atoms with Crippen LogP contribution in [0.15, 0.2) is 60.8 Å². The summed E-state index contributed by atoms with van der Waals surface area (Å²) >= 11 is 0. The van der Waals surface area contributed by atoms with E-state index in [1.165, 1.54) is 6.20 Å². The Kier molecular flexibility index (Phi) is 4.15. The molecule has 0 amide bonds. The third-order valence-electron chi connectivity index (χ3n) is 5.27. The summed E-state index contributed by atoms with van der Waals surface area (Å²) in [5, 5.41) is 11.9. The number of nitrogens with one attached hydrogen (secondary N) is 1. The topological polar surface area (TPSA) is 78.5 Å². The molecule has 4 nitrogen and oxygen atoms in total. The Balaban J connectivity index is 1.83. The van der Waals surface area contributed by atoms with E-state index >= 15 is 4.39 Å². The monoisotopic (exact) mass is 414 g/mol. The molecule has 0 aliphatic heterocycles. The van der Waals surface area contributed by atoms with E-state index in [0.29, 0.717) is 5.56 Å². The minimum absolute atomic E-state index is 0.0121. The molecule has 0 atom stereocenters. The number of hydrogen-bond acceptors (Lipinski definition) is 3. The lowest BCUT2D eigenvalue weighted by molar-refractivity contribution is 0.591. The van der Waals surface area contributed by atoms with E-state index in [-0.39, 0.29) is 33.3 Å². The first kappa shape index (κ1) is 18.7. The molecule has 0 unspecified atom stereocenters. The molecule has 5 rings (SSSR count). The first-order valence-electron chi connectivity index (χ1n) is 9.32. The number of aromatic amines is 1. The Hall–Kier alpha value is -4.31. The molecule has 0 radical (unpaired) electrons. The van der Waals surface area contributed by atoms with E-state index in [4.69, 9.17) is 5.73 Å². The standard InChI is InChI=1S/C24H13F3N4/c25-15-8-16-18(11-30-23(16)19(26)9-15)22-17(10-28)20(21(27)24(29)31-22)14-6-5-12-3-1-2-4-13(12)7-14/h1-9,11,30H,(H2,29,31). The minimum atomic E-state index is -0.826. The first-order chi connectivity index (χ1) is 15.0. The lowest BCUT2D eigenvalue weighted by Gasteiger charge is -2.13. The van der Waals surface area contributed by atoms with Crippen molar-refractivity contribution in [2.75, 3.05) is 5.73 Å². The van der Waals surface area contributed by atoms with Crippen LogP contribution in [0.1, 0.15) is 5.56 Å². The summed E-state index contributed by atoms with van der Waals surface area (Å²) in [6.45, 7) is 0. The van der Waals surface area contributed by atoms with Gasteiger partial charge in [0.1, 0.15) is 17.7 Å². The predicted octanol–water partition coefficient (Wildman–Crippen LogP) is 5.92. The van der Waals surface area contributed by atoms with Crippen molar-refractivity contribution in [3.63, 3.8) is 0 Å². The van der Waals surface area contributed by atoms with E-state index in [1.807, 2.05) is 36.4 Å². The summed E-state index contributed by atoms with van der Waals surface area (Å²) in [4.78, 5) is 6.78. The molecule has 150 valence electrons. The summed E-state index contributed by atoms with van der Waals surface area (Å²) in [6.07, 6.45) is 1.40. The Morgan fingerprint density at radius 2 is 1.74 bits per heavy atom. The maximum atomic E-state index is 15.1. The molecule has 0 bridgehead atoms. The maximum Gasteiger partial charge on any atom is 0.174 e. The summed E-state index contributed by atoms with van der Waals surface area (Å²) < 4.78 is 43.2. The van der Waals surface area contributed by atoms with Crippen LogP contribution in [-0.4, -0.2) is 9.97 Å². The van der Waals surface area contributed by atoms with Crippen molar-refractivity contribution < 1.29 is 13.2 Å². The SMILES string of the molecule is N#Cc1c(-c2c[nH]c3c(F)cc(F)cc23)nc(N)c(F)c1-c1ccc2ccccc2c1. The third kappa shape index (κ3) is 2.89. The quantitative estimate of drug-likeness (QED) is 0.376. The fourth-order valence-corrected chi connectivity index (χ4v) is 3.85. The van der Waals surface area contributed by atoms with Crippen LogP contribution in [0.25, 0.3) is 44.1 Å². The third-order valence-corrected chi connectivity index (χ3v) is 5.27. The molecular formula is C24H13F3N4. The van der Waals surface area contributed by atoms with Crippen molar-refractivity contribution >= 4 is 27.5 Å². The van der Waals surface area contributed by atoms with Gasteiger partial charge >= 0.3 is 0 Å². The van der Waals surface area contributed by atoms with Gasteiger partial charge in [0.15, 0.2) is 11.6 Å². The number of aromatic nitrogens is 2. The van der Waals surface area contributed by atoms with Gasteiger partial charge in [0.2, 0.25) is 0 Å². The molecule has 31 heavy (non-hydrogen) atoms. The summed E-state index contributed by atoms with van der Waals surface area (Å²) in [5.41, 5.74) is 6.55. The highest BCUT2D eigenvalue weighted by Crippen LogP contribution is 2.39. The van der Waals surface area contributed by atoms with Crippen molar-refractivity contribution in [2.45, 2.75) is 0 Å². The van der Waals surface area contributed by atoms with Crippen LogP contribution in [0.3, 0.4) is 0 Å². The van der Waals surface area contributed by atoms with Gasteiger partial charge in [-0.15, -0.1) is 0 Å². The number of nitrogens with two attached hydrogens (primary N) is 1. The molecule has 0 aliphatic rings. The van der Waals surface area contributed by atoms with Gasteiger partial charge in [0.25, 0.3) is 0 Å². The van der Waals surface area contributed by atoms with Crippen molar-refractivity contribution in [3.05, 3.63) is 83.8 Å². The predicted molar refractivity (Wildman–Crippen MR) is 113 cm³/mol. The number of H-pyrrole nitrogens is 1. The summed E-state index contributed by atoms with van der Waals surface area (Å²) in [5.74, 6) is -2.81. The zero-order valence-corrected chi connectivity index (χ0v) is 15.9. The zero-order chi connectivity index (χ0) is 21.7. The molecule has 3 N–H and O–H groups in total. The fourth-order valence-electron chi connectivity index (χ4n) is 3.85. The Morgan fingerprint density at radius 1 is 0.968 bits per heavy atom. The highest BCUT2D eigenvalue weighted by molar-refractivity contribution is 5.98. The number of halogens is 3. The van der Waals surface area contributed by atoms with E-state index in [1.54, 1.807) is 12.1 Å². The number of benzene rings is 3. The van der Waals surface area contributed by atoms with Gasteiger partial charge in [-0.3, -0.25) is 0 Å². The van der Waals surface area contributed by atoms with Gasteiger partial charge < -0.3 is 10.7 Å². The molecule has 0 saturated heterocycles. The van der Waals surface area contributed by atoms with Crippen LogP contribution in [0.2, 0.25) is 0 Å². The van der Waals surface area contributed by atoms with Crippen LogP contribution >= 0.6 is 0 Å². The van der Waals surface area contributed by atoms with Crippen molar-refractivity contribution in [1.29, 1.82) is 5.26 Å². The van der Waals surface area contributed by atoms with Crippen LogP contribution in [0.4, 0.5) is 19.0 Å². The summed E-state index contributed by atoms with van der Waals surface area (Å²) in [7, 11) is 0. The second-order valence-corrected chi connectivity index (χ2v) is 7.10. The number of nitrogens with zero attached hydrogens (tertiary/aromatic N) is 2. The molecule has 2 heterocycles. The highest BCUT2D eigenvalue weighted by atomic mass is 19.1. The number of hydrogen-bond donors (Lipinski definition) is 2. The average molecular weight is 414 g/mol. The molecular weight excluding hydrogens is 401 g/mol. The zero-order valence-electron chi connectivity index (χ0n) is 15.9. The first-order valence-corrected chi connectivity index (χ1v) is 9.32. The molecule has 0 fully saturated rings. The minimum Gasteiger partial charge on any atom is -0.381 e. The maximum absolute atomic E-state index is 15.1. The van der Waals surface area contributed by atoms with Gasteiger partial charge in [0, 0.05) is 28.8 Å². The van der Waals surface area contributed by atoms with Gasteiger partial charge in [-0.2, -0.15) is 5.26 Å². The Bertz CT molecular complexity index is 1550. The fraction of sp³-hybridized carbons (Fsp3) is 0. The Labute approximate surface area is 174 Å². The van der Waals surface area contributed by atoms with Crippen LogP contribution in [-0.2, 0) is 0 Å². The number of rotatable bonds is 2. The largest absolute Gasteiger partial charge is 0.381 e. The second kappa shape index (κ2) is 6.89. The number of fused-ring (bicyclic) bond motifs is 2. The normalized spacial score (nSPS) is 11.2. The molecule has 3 aromatic carbocycles. The lowest BCUT2D eigenvalue weighted by atomic mass is 9.94. The van der Waals surface area contributed by atoms with E-state index in [9.17, 15) is 14.0 Å². The number of nitriles is 1. The Morgan fingerprint density at radius 3 is 2.52 bits per heavy atom. The van der Waals surface area contributed by atoms with Crippen LogP contribution in [0.5, 0.6) is 0 Å². The molecule has 2 aromatic heterocycles. The summed E-state index contributed by atoms with van der Waals surface area (Å²) in [6, 6.07) is 16.7. The number of pyridine rings is 1. The van der Waals surface area contributed by atoms with Crippen LogP contribution < -0.4 is 5.73 Å². The van der Waals surface area contributed by atoms with Crippen molar-refractivity contribution in [1.82, 2.24) is 9.97 Å². The van der Waals surface area contributed by atoms with Gasteiger partial charge in [0.05, 0.1) is 16.8 Å². The van der Waals surface area contributed by atoms with Crippen molar-refractivity contribution in [3.8, 4) is 28.5 Å². The van der Waals surface area contributed by atoms with Gasteiger partial charge in [-0.25, -0.2) is 18.2 Å². The van der Waals surface area contributed by atoms with Gasteiger partial charge in [-0.05, 0) is 28.5 Å².